The smallest absolute Gasteiger partial charge is 0.259 e. The van der Waals surface area contributed by atoms with Crippen molar-refractivity contribution in [2.75, 3.05) is 59.6 Å². The summed E-state index contributed by atoms with van der Waals surface area (Å²) in [6.07, 6.45) is 0.263. The normalized spacial score (nSPS) is 22.6. The molecule has 35 heavy (non-hydrogen) atoms. The highest BCUT2D eigenvalue weighted by Gasteiger charge is 2.34. The zero-order valence-electron chi connectivity index (χ0n) is 20.9. The lowest BCUT2D eigenvalue weighted by atomic mass is 10.00. The zero-order valence-corrected chi connectivity index (χ0v) is 20.9. The van der Waals surface area contributed by atoms with Gasteiger partial charge in [-0.1, -0.05) is 18.8 Å². The highest BCUT2D eigenvalue weighted by molar-refractivity contribution is 5.97. The van der Waals surface area contributed by atoms with Gasteiger partial charge in [-0.2, -0.15) is 0 Å². The van der Waals surface area contributed by atoms with Crippen molar-refractivity contribution in [2.45, 2.75) is 39.0 Å². The molecule has 3 heterocycles. The SMILES string of the molecule is C[C@H](O)C#Cc1cnc2c(c1)C(=O)N([C@H](C)CO)C[C@@H](C)[C@H](CN(C)C(=O)CN1CCOCC1)O2. The van der Waals surface area contributed by atoms with Gasteiger partial charge in [0.2, 0.25) is 11.8 Å². The summed E-state index contributed by atoms with van der Waals surface area (Å²) in [5.41, 5.74) is 0.711. The van der Waals surface area contributed by atoms with Gasteiger partial charge in [0.05, 0.1) is 39.0 Å². The number of amides is 2. The van der Waals surface area contributed by atoms with Crippen LogP contribution in [0.3, 0.4) is 0 Å². The van der Waals surface area contributed by atoms with E-state index in [-0.39, 0.29) is 35.8 Å². The Kier molecular flexibility index (Phi) is 9.46. The van der Waals surface area contributed by atoms with Crippen molar-refractivity contribution >= 4 is 11.8 Å². The van der Waals surface area contributed by atoms with Crippen LogP contribution in [0.2, 0.25) is 0 Å². The summed E-state index contributed by atoms with van der Waals surface area (Å²) in [5, 5.41) is 19.2. The van der Waals surface area contributed by atoms with E-state index in [4.69, 9.17) is 9.47 Å². The molecule has 192 valence electrons. The lowest BCUT2D eigenvalue weighted by Crippen LogP contribution is -2.51. The molecule has 10 nitrogen and oxygen atoms in total. The Bertz CT molecular complexity index is 953. The average Bonchev–Trinajstić information content (AvgIpc) is 2.84. The molecular weight excluding hydrogens is 452 g/mol. The van der Waals surface area contributed by atoms with Gasteiger partial charge in [-0.25, -0.2) is 4.98 Å². The van der Waals surface area contributed by atoms with Crippen LogP contribution in [-0.4, -0.2) is 120 Å². The Morgan fingerprint density at radius 3 is 2.71 bits per heavy atom. The summed E-state index contributed by atoms with van der Waals surface area (Å²) in [6.45, 7) is 8.79. The summed E-state index contributed by atoms with van der Waals surface area (Å²) in [5.74, 6) is 5.17. The number of ether oxygens (including phenoxy) is 2. The zero-order chi connectivity index (χ0) is 25.5. The number of hydrogen-bond acceptors (Lipinski definition) is 8. The number of likely N-dealkylation sites (N-methyl/N-ethyl adjacent to an activating group) is 1. The molecule has 0 radical (unpaired) electrons. The molecule has 2 aliphatic rings. The lowest BCUT2D eigenvalue weighted by Gasteiger charge is -2.38. The molecule has 10 heteroatoms. The molecule has 1 aromatic rings. The third-order valence-corrected chi connectivity index (χ3v) is 6.29. The van der Waals surface area contributed by atoms with Gasteiger partial charge in [0, 0.05) is 44.4 Å². The van der Waals surface area contributed by atoms with Gasteiger partial charge in [-0.3, -0.25) is 14.5 Å². The van der Waals surface area contributed by atoms with Crippen LogP contribution in [0.4, 0.5) is 0 Å². The maximum atomic E-state index is 13.4. The molecule has 1 aromatic heterocycles. The molecule has 1 fully saturated rings. The van der Waals surface area contributed by atoms with Crippen molar-refractivity contribution in [3.05, 3.63) is 23.4 Å². The van der Waals surface area contributed by atoms with Crippen molar-refractivity contribution in [3.63, 3.8) is 0 Å². The molecule has 0 bridgehead atoms. The van der Waals surface area contributed by atoms with E-state index in [1.54, 1.807) is 36.8 Å². The first kappa shape index (κ1) is 26.9. The van der Waals surface area contributed by atoms with Crippen molar-refractivity contribution in [3.8, 4) is 17.7 Å². The largest absolute Gasteiger partial charge is 0.472 e. The third kappa shape index (κ3) is 7.15. The number of aliphatic hydroxyl groups excluding tert-OH is 2. The van der Waals surface area contributed by atoms with E-state index in [0.29, 0.717) is 38.4 Å². The van der Waals surface area contributed by atoms with E-state index in [1.807, 2.05) is 6.92 Å². The quantitative estimate of drug-likeness (QED) is 0.530. The van der Waals surface area contributed by atoms with Gasteiger partial charge in [0.15, 0.2) is 0 Å². The minimum atomic E-state index is -0.814. The summed E-state index contributed by atoms with van der Waals surface area (Å²) in [6, 6.07) is 1.18. The first-order valence-electron chi connectivity index (χ1n) is 12.0. The van der Waals surface area contributed by atoms with E-state index in [9.17, 15) is 19.8 Å². The van der Waals surface area contributed by atoms with E-state index in [1.165, 1.54) is 6.20 Å². The predicted molar refractivity (Wildman–Crippen MR) is 129 cm³/mol. The van der Waals surface area contributed by atoms with Gasteiger partial charge in [-0.15, -0.1) is 0 Å². The van der Waals surface area contributed by atoms with Crippen LogP contribution in [0.5, 0.6) is 5.88 Å². The van der Waals surface area contributed by atoms with Gasteiger partial charge in [0.25, 0.3) is 5.91 Å². The summed E-state index contributed by atoms with van der Waals surface area (Å²) >= 11 is 0. The number of carbonyl (C=O) groups excluding carboxylic acids is 2. The number of pyridine rings is 1. The Morgan fingerprint density at radius 1 is 1.34 bits per heavy atom. The maximum absolute atomic E-state index is 13.4. The van der Waals surface area contributed by atoms with Crippen LogP contribution in [0, 0.1) is 17.8 Å². The molecule has 2 N–H and O–H groups in total. The van der Waals surface area contributed by atoms with Crippen molar-refractivity contribution < 1.29 is 29.3 Å². The lowest BCUT2D eigenvalue weighted by molar-refractivity contribution is -0.133. The van der Waals surface area contributed by atoms with Crippen LogP contribution in [0.15, 0.2) is 12.3 Å². The van der Waals surface area contributed by atoms with Crippen molar-refractivity contribution in [1.29, 1.82) is 0 Å². The second kappa shape index (κ2) is 12.3. The molecule has 0 saturated carbocycles. The number of nitrogens with zero attached hydrogens (tertiary/aromatic N) is 4. The molecule has 1 saturated heterocycles. The van der Waals surface area contributed by atoms with Crippen LogP contribution >= 0.6 is 0 Å². The fourth-order valence-electron chi connectivity index (χ4n) is 4.02. The van der Waals surface area contributed by atoms with Crippen molar-refractivity contribution in [2.24, 2.45) is 5.92 Å². The van der Waals surface area contributed by atoms with Gasteiger partial charge >= 0.3 is 0 Å². The number of rotatable bonds is 6. The van der Waals surface area contributed by atoms with Crippen molar-refractivity contribution in [1.82, 2.24) is 19.7 Å². The molecule has 0 spiro atoms. The van der Waals surface area contributed by atoms with Crippen LogP contribution in [0.25, 0.3) is 0 Å². The van der Waals surface area contributed by atoms with Gasteiger partial charge in [0.1, 0.15) is 17.8 Å². The summed E-state index contributed by atoms with van der Waals surface area (Å²) in [4.78, 5) is 36.0. The number of carbonyl (C=O) groups is 2. The maximum Gasteiger partial charge on any atom is 0.259 e. The highest BCUT2D eigenvalue weighted by atomic mass is 16.5. The highest BCUT2D eigenvalue weighted by Crippen LogP contribution is 2.27. The Labute approximate surface area is 206 Å². The molecule has 4 atom stereocenters. The second-order valence-corrected chi connectivity index (χ2v) is 9.31. The number of fused-ring (bicyclic) bond motifs is 1. The molecular formula is C25H36N4O6. The number of aliphatic hydroxyl groups is 2. The Hall–Kier alpha value is -2.71. The first-order valence-corrected chi connectivity index (χ1v) is 12.0. The fraction of sp³-hybridized carbons (Fsp3) is 0.640. The van der Waals surface area contributed by atoms with E-state index in [2.05, 4.69) is 21.7 Å². The molecule has 0 aliphatic carbocycles. The molecule has 2 aliphatic heterocycles. The molecule has 3 rings (SSSR count). The molecule has 0 aromatic carbocycles. The van der Waals surface area contributed by atoms with E-state index in [0.717, 1.165) is 13.1 Å². The first-order chi connectivity index (χ1) is 16.7. The number of hydrogen-bond donors (Lipinski definition) is 2. The summed E-state index contributed by atoms with van der Waals surface area (Å²) in [7, 11) is 1.75. The second-order valence-electron chi connectivity index (χ2n) is 9.31. The number of aromatic nitrogens is 1. The van der Waals surface area contributed by atoms with Crippen LogP contribution in [-0.2, 0) is 9.53 Å². The predicted octanol–water partition coefficient (Wildman–Crippen LogP) is -0.175. The minimum absolute atomic E-state index is 0.0154. The van der Waals surface area contributed by atoms with Gasteiger partial charge < -0.3 is 29.5 Å². The van der Waals surface area contributed by atoms with Gasteiger partial charge in [-0.05, 0) is 19.9 Å². The van der Waals surface area contributed by atoms with Crippen LogP contribution < -0.4 is 4.74 Å². The molecule has 2 amide bonds. The average molecular weight is 489 g/mol. The molecule has 0 unspecified atom stereocenters. The third-order valence-electron chi connectivity index (χ3n) is 6.29. The van der Waals surface area contributed by atoms with E-state index < -0.39 is 18.2 Å². The fourth-order valence-corrected chi connectivity index (χ4v) is 4.02. The summed E-state index contributed by atoms with van der Waals surface area (Å²) < 4.78 is 11.6. The monoisotopic (exact) mass is 488 g/mol. The topological polar surface area (TPSA) is 116 Å². The Morgan fingerprint density at radius 2 is 2.06 bits per heavy atom. The van der Waals surface area contributed by atoms with E-state index >= 15 is 0 Å². The number of morpholine rings is 1. The standard InChI is InChI=1S/C25H36N4O6/c1-17-13-29(18(2)16-30)25(33)21-11-20(6-5-19(3)31)12-26-24(21)35-22(17)14-27(4)23(32)15-28-7-9-34-10-8-28/h11-12,17-19,22,30-31H,7-10,13-16H2,1-4H3/t17-,18-,19+,22+/m1/s1. The Balaban J connectivity index is 1.85. The van der Waals surface area contributed by atoms with Crippen LogP contribution in [0.1, 0.15) is 36.7 Å². The minimum Gasteiger partial charge on any atom is -0.472 e.